The van der Waals surface area contributed by atoms with Gasteiger partial charge in [0, 0.05) is 0 Å². The smallest absolute Gasteiger partial charge is 0.338 e. The van der Waals surface area contributed by atoms with E-state index in [1.807, 2.05) is 25.1 Å². The lowest BCUT2D eigenvalue weighted by Gasteiger charge is -2.33. The number of esters is 1. The highest BCUT2D eigenvalue weighted by molar-refractivity contribution is 8.15. The fraction of sp³-hybridized carbons (Fsp3) is 0.542. The number of rotatable bonds is 9. The van der Waals surface area contributed by atoms with Crippen LogP contribution in [-0.2, 0) is 14.3 Å². The largest absolute Gasteiger partial charge is 0.493 e. The molecule has 8 heteroatoms. The molecule has 1 aromatic rings. The van der Waals surface area contributed by atoms with Gasteiger partial charge in [0.15, 0.2) is 16.7 Å². The summed E-state index contributed by atoms with van der Waals surface area (Å²) in [7, 11) is 1.58. The molecule has 0 saturated carbocycles. The highest BCUT2D eigenvalue weighted by Crippen LogP contribution is 2.45. The van der Waals surface area contributed by atoms with Crippen LogP contribution in [0.25, 0.3) is 0 Å². The number of benzene rings is 1. The Balaban J connectivity index is 2.04. The fourth-order valence-corrected chi connectivity index (χ4v) is 4.89. The predicted octanol–water partition coefficient (Wildman–Crippen LogP) is 4.72. The van der Waals surface area contributed by atoms with E-state index in [1.165, 1.54) is 11.8 Å². The maximum atomic E-state index is 13.2. The number of aliphatic imine (C=N–C) groups is 1. The highest BCUT2D eigenvalue weighted by atomic mass is 32.2. The minimum absolute atomic E-state index is 0.0493. The number of amidine groups is 1. The summed E-state index contributed by atoms with van der Waals surface area (Å²) in [6.45, 7) is 10.6. The summed E-state index contributed by atoms with van der Waals surface area (Å²) in [5, 5.41) is 0.403. The Morgan fingerprint density at radius 3 is 2.62 bits per heavy atom. The van der Waals surface area contributed by atoms with Crippen molar-refractivity contribution in [1.29, 1.82) is 0 Å². The third-order valence-corrected chi connectivity index (χ3v) is 6.79. The van der Waals surface area contributed by atoms with Crippen LogP contribution in [0.5, 0.6) is 11.5 Å². The number of fused-ring (bicyclic) bond motifs is 1. The Morgan fingerprint density at radius 2 is 2.00 bits per heavy atom. The van der Waals surface area contributed by atoms with Gasteiger partial charge in [0.2, 0.25) is 5.91 Å². The van der Waals surface area contributed by atoms with Crippen LogP contribution in [0.15, 0.2) is 34.5 Å². The minimum atomic E-state index is -0.628. The molecule has 2 aliphatic heterocycles. The number of carbonyl (C=O) groups excluding carboxylic acids is 2. The van der Waals surface area contributed by atoms with Crippen molar-refractivity contribution in [3.63, 3.8) is 0 Å². The van der Waals surface area contributed by atoms with E-state index >= 15 is 0 Å². The van der Waals surface area contributed by atoms with Crippen LogP contribution >= 0.6 is 11.8 Å². The predicted molar refractivity (Wildman–Crippen MR) is 126 cm³/mol. The van der Waals surface area contributed by atoms with Crippen molar-refractivity contribution < 1.29 is 23.8 Å². The molecule has 2 aliphatic rings. The lowest BCUT2D eigenvalue weighted by molar-refractivity contribution is -0.139. The van der Waals surface area contributed by atoms with E-state index < -0.39 is 12.0 Å². The van der Waals surface area contributed by atoms with E-state index in [4.69, 9.17) is 14.2 Å². The van der Waals surface area contributed by atoms with Gasteiger partial charge in [0.25, 0.3) is 0 Å². The standard InChI is InChI=1S/C24H32N2O5S/c1-7-19-22(27)26-21(20(23(28)30-8-2)15(5)25-24(26)32-19)16-9-10-17(18(13-16)29-6)31-12-11-14(3)4/h9-10,13-14,19,21H,7-8,11-12H2,1-6H3. The molecule has 3 rings (SSSR count). The van der Waals surface area contributed by atoms with Crippen LogP contribution in [0, 0.1) is 5.92 Å². The fourth-order valence-electron chi connectivity index (χ4n) is 3.75. The Bertz CT molecular complexity index is 940. The average Bonchev–Trinajstić information content (AvgIpc) is 3.07. The molecule has 1 amide bonds. The quantitative estimate of drug-likeness (QED) is 0.496. The number of hydrogen-bond donors (Lipinski definition) is 0. The van der Waals surface area contributed by atoms with Gasteiger partial charge in [-0.2, -0.15) is 0 Å². The molecule has 1 saturated heterocycles. The van der Waals surface area contributed by atoms with Crippen molar-refractivity contribution in [2.24, 2.45) is 10.9 Å². The zero-order chi connectivity index (χ0) is 23.4. The highest BCUT2D eigenvalue weighted by Gasteiger charge is 2.47. The van der Waals surface area contributed by atoms with E-state index in [9.17, 15) is 9.59 Å². The number of amides is 1. The number of allylic oxidation sites excluding steroid dienone is 1. The van der Waals surface area contributed by atoms with E-state index in [0.29, 0.717) is 46.9 Å². The molecule has 0 N–H and O–H groups in total. The molecule has 2 heterocycles. The van der Waals surface area contributed by atoms with Crippen LogP contribution < -0.4 is 9.47 Å². The molecular formula is C24H32N2O5S. The number of ether oxygens (including phenoxy) is 3. The summed E-state index contributed by atoms with van der Waals surface area (Å²) in [6, 6.07) is 4.92. The SMILES string of the molecule is CCOC(=O)C1=C(C)N=C2SC(CC)C(=O)N2C1c1ccc(OCCC(C)C)c(OC)c1. The normalized spacial score (nSPS) is 20.4. The molecule has 1 aromatic carbocycles. The summed E-state index contributed by atoms with van der Waals surface area (Å²) in [4.78, 5) is 32.3. The second-order valence-corrected chi connectivity index (χ2v) is 9.35. The Labute approximate surface area is 194 Å². The van der Waals surface area contributed by atoms with Crippen molar-refractivity contribution in [2.45, 2.75) is 58.8 Å². The zero-order valence-corrected chi connectivity index (χ0v) is 20.5. The van der Waals surface area contributed by atoms with Crippen molar-refractivity contribution >= 4 is 28.8 Å². The van der Waals surface area contributed by atoms with Crippen molar-refractivity contribution in [3.8, 4) is 11.5 Å². The van der Waals surface area contributed by atoms with Crippen molar-refractivity contribution in [3.05, 3.63) is 35.0 Å². The van der Waals surface area contributed by atoms with Gasteiger partial charge in [-0.15, -0.1) is 0 Å². The van der Waals surface area contributed by atoms with E-state index in [1.54, 1.807) is 25.9 Å². The number of carbonyl (C=O) groups is 2. The summed E-state index contributed by atoms with van der Waals surface area (Å²) in [5.74, 6) is 1.21. The van der Waals surface area contributed by atoms with Crippen LogP contribution in [0.1, 0.15) is 59.1 Å². The molecule has 0 bridgehead atoms. The second kappa shape index (κ2) is 10.4. The number of methoxy groups -OCH3 is 1. The first-order valence-corrected chi connectivity index (χ1v) is 12.0. The molecule has 2 unspecified atom stereocenters. The Hall–Kier alpha value is -2.48. The molecule has 0 aliphatic carbocycles. The van der Waals surface area contributed by atoms with Crippen molar-refractivity contribution in [2.75, 3.05) is 20.3 Å². The number of hydrogen-bond acceptors (Lipinski definition) is 7. The third kappa shape index (κ3) is 4.80. The Morgan fingerprint density at radius 1 is 1.25 bits per heavy atom. The van der Waals surface area contributed by atoms with Crippen LogP contribution in [0.2, 0.25) is 0 Å². The number of nitrogens with zero attached hydrogens (tertiary/aromatic N) is 2. The molecule has 174 valence electrons. The van der Waals surface area contributed by atoms with Crippen molar-refractivity contribution in [1.82, 2.24) is 4.90 Å². The topological polar surface area (TPSA) is 77.4 Å². The molecule has 0 radical (unpaired) electrons. The van der Waals surface area contributed by atoms with Gasteiger partial charge in [-0.3, -0.25) is 9.69 Å². The van der Waals surface area contributed by atoms with Crippen LogP contribution in [0.4, 0.5) is 0 Å². The van der Waals surface area contributed by atoms with Crippen LogP contribution in [0.3, 0.4) is 0 Å². The van der Waals surface area contributed by atoms with E-state index in [0.717, 1.165) is 12.0 Å². The van der Waals surface area contributed by atoms with Gasteiger partial charge < -0.3 is 14.2 Å². The van der Waals surface area contributed by atoms with Gasteiger partial charge in [-0.1, -0.05) is 38.6 Å². The number of thioether (sulfide) groups is 1. The molecule has 0 aromatic heterocycles. The molecule has 32 heavy (non-hydrogen) atoms. The van der Waals surface area contributed by atoms with Gasteiger partial charge in [-0.05, 0) is 50.3 Å². The first kappa shape index (κ1) is 24.2. The second-order valence-electron chi connectivity index (χ2n) is 8.18. The molecule has 2 atom stereocenters. The van der Waals surface area contributed by atoms with Gasteiger partial charge >= 0.3 is 5.97 Å². The summed E-state index contributed by atoms with van der Waals surface area (Å²) in [5.41, 5.74) is 1.68. The molecule has 0 spiro atoms. The van der Waals surface area contributed by atoms with Gasteiger partial charge in [0.1, 0.15) is 0 Å². The monoisotopic (exact) mass is 460 g/mol. The summed E-state index contributed by atoms with van der Waals surface area (Å²) >= 11 is 1.44. The summed E-state index contributed by atoms with van der Waals surface area (Å²) < 4.78 is 16.8. The maximum Gasteiger partial charge on any atom is 0.338 e. The third-order valence-electron chi connectivity index (χ3n) is 5.47. The summed E-state index contributed by atoms with van der Waals surface area (Å²) in [6.07, 6.45) is 1.62. The average molecular weight is 461 g/mol. The van der Waals surface area contributed by atoms with Crippen LogP contribution in [-0.4, -0.2) is 47.5 Å². The van der Waals surface area contributed by atoms with E-state index in [-0.39, 0.29) is 17.8 Å². The molecule has 1 fully saturated rings. The lowest BCUT2D eigenvalue weighted by Crippen LogP contribution is -2.40. The molecular weight excluding hydrogens is 428 g/mol. The zero-order valence-electron chi connectivity index (χ0n) is 19.6. The Kier molecular flexibility index (Phi) is 7.87. The van der Waals surface area contributed by atoms with E-state index in [2.05, 4.69) is 18.8 Å². The van der Waals surface area contributed by atoms with Gasteiger partial charge in [-0.25, -0.2) is 9.79 Å². The first-order chi connectivity index (χ1) is 15.3. The first-order valence-electron chi connectivity index (χ1n) is 11.1. The molecule has 7 nitrogen and oxygen atoms in total. The van der Waals surface area contributed by atoms with Gasteiger partial charge in [0.05, 0.1) is 42.9 Å². The minimum Gasteiger partial charge on any atom is -0.493 e. The lowest BCUT2D eigenvalue weighted by atomic mass is 9.93. The maximum absolute atomic E-state index is 13.2.